The van der Waals surface area contributed by atoms with E-state index in [2.05, 4.69) is 10.2 Å². The lowest BCUT2D eigenvalue weighted by Gasteiger charge is -2.03. The maximum Gasteiger partial charge on any atom is 0.294 e. The smallest absolute Gasteiger partial charge is 0.294 e. The Bertz CT molecular complexity index is 802. The monoisotopic (exact) mass is 330 g/mol. The van der Waals surface area contributed by atoms with E-state index in [9.17, 15) is 10.2 Å². The van der Waals surface area contributed by atoms with Crippen LogP contribution in [0.3, 0.4) is 0 Å². The van der Waals surface area contributed by atoms with Crippen LogP contribution in [0.15, 0.2) is 42.5 Å². The Morgan fingerprint density at radius 1 is 1.04 bits per heavy atom. The Morgan fingerprint density at radius 2 is 1.83 bits per heavy atom. The largest absolute Gasteiger partial charge is 0.508 e. The highest BCUT2D eigenvalue weighted by Gasteiger charge is 2.12. The first kappa shape index (κ1) is 15.1. The predicted molar refractivity (Wildman–Crippen MR) is 86.0 cm³/mol. The molecular weight excluding hydrogens is 316 g/mol. The van der Waals surface area contributed by atoms with Crippen molar-refractivity contribution in [1.29, 1.82) is 0 Å². The molecule has 7 heteroatoms. The van der Waals surface area contributed by atoms with Crippen molar-refractivity contribution in [3.05, 3.63) is 48.0 Å². The molecule has 1 heterocycles. The van der Waals surface area contributed by atoms with Gasteiger partial charge in [-0.3, -0.25) is 0 Å². The Morgan fingerprint density at radius 3 is 2.52 bits per heavy atom. The van der Waals surface area contributed by atoms with E-state index < -0.39 is 0 Å². The molecule has 0 saturated heterocycles. The van der Waals surface area contributed by atoms with Crippen molar-refractivity contribution in [1.82, 2.24) is 10.2 Å². The molecule has 0 radical (unpaired) electrons. The Labute approximate surface area is 136 Å². The van der Waals surface area contributed by atoms with E-state index in [1.165, 1.54) is 23.5 Å². The molecule has 6 nitrogen and oxygen atoms in total. The molecule has 0 aliphatic rings. The van der Waals surface area contributed by atoms with Crippen LogP contribution >= 0.6 is 11.3 Å². The molecule has 0 spiro atoms. The predicted octanol–water partition coefficient (Wildman–Crippen LogP) is 3.20. The second kappa shape index (κ2) is 6.53. The number of methoxy groups -OCH3 is 1. The zero-order valence-corrected chi connectivity index (χ0v) is 13.1. The number of rotatable bonds is 5. The van der Waals surface area contributed by atoms with E-state index in [-0.39, 0.29) is 11.5 Å². The highest BCUT2D eigenvalue weighted by Crippen LogP contribution is 2.35. The third-order valence-corrected chi connectivity index (χ3v) is 4.01. The molecule has 0 amide bonds. The van der Waals surface area contributed by atoms with Gasteiger partial charge in [-0.1, -0.05) is 28.6 Å². The second-order valence-electron chi connectivity index (χ2n) is 4.71. The number of ether oxygens (including phenoxy) is 2. The van der Waals surface area contributed by atoms with Crippen molar-refractivity contribution in [2.24, 2.45) is 0 Å². The van der Waals surface area contributed by atoms with Gasteiger partial charge in [0.2, 0.25) is 0 Å². The normalized spacial score (nSPS) is 10.5. The highest BCUT2D eigenvalue weighted by molar-refractivity contribution is 7.16. The fourth-order valence-electron chi connectivity index (χ4n) is 1.94. The van der Waals surface area contributed by atoms with Crippen molar-refractivity contribution in [2.45, 2.75) is 6.61 Å². The van der Waals surface area contributed by atoms with Crippen LogP contribution in [-0.4, -0.2) is 27.5 Å². The molecule has 1 aromatic heterocycles. The summed E-state index contributed by atoms with van der Waals surface area (Å²) in [6.45, 7) is 0.361. The average molecular weight is 330 g/mol. The first-order valence-electron chi connectivity index (χ1n) is 6.77. The van der Waals surface area contributed by atoms with Crippen LogP contribution in [0.1, 0.15) is 5.56 Å². The molecule has 0 aliphatic carbocycles. The van der Waals surface area contributed by atoms with E-state index in [0.717, 1.165) is 11.3 Å². The summed E-state index contributed by atoms with van der Waals surface area (Å²) in [4.78, 5) is 0. The van der Waals surface area contributed by atoms with Gasteiger partial charge in [0.25, 0.3) is 5.19 Å². The van der Waals surface area contributed by atoms with Gasteiger partial charge in [0.15, 0.2) is 5.01 Å². The quantitative estimate of drug-likeness (QED) is 0.747. The lowest BCUT2D eigenvalue weighted by atomic mass is 10.2. The van der Waals surface area contributed by atoms with E-state index in [1.54, 1.807) is 13.2 Å². The fourth-order valence-corrected chi connectivity index (χ4v) is 2.67. The molecule has 3 rings (SSSR count). The number of aromatic nitrogens is 2. The van der Waals surface area contributed by atoms with Crippen LogP contribution in [0, 0.1) is 0 Å². The summed E-state index contributed by atoms with van der Waals surface area (Å²) in [5, 5.41) is 28.0. The molecule has 2 N–H and O–H groups in total. The number of nitrogens with zero attached hydrogens (tertiary/aromatic N) is 2. The van der Waals surface area contributed by atoms with Gasteiger partial charge >= 0.3 is 0 Å². The Kier molecular flexibility index (Phi) is 4.29. The zero-order chi connectivity index (χ0) is 16.2. The standard InChI is InChI=1S/C16H14N2O4S/c1-21-12-5-2-10(3-6-12)9-22-16-18-17-15(23-16)13-7-4-11(19)8-14(13)20/h2-8,19-20H,9H2,1H3. The molecule has 3 aromatic rings. The van der Waals surface area contributed by atoms with E-state index in [4.69, 9.17) is 9.47 Å². The van der Waals surface area contributed by atoms with Gasteiger partial charge in [0.1, 0.15) is 23.9 Å². The minimum atomic E-state index is -0.0529. The van der Waals surface area contributed by atoms with Crippen LogP contribution in [0.2, 0.25) is 0 Å². The van der Waals surface area contributed by atoms with Crippen LogP contribution in [0.4, 0.5) is 0 Å². The fraction of sp³-hybridized carbons (Fsp3) is 0.125. The second-order valence-corrected chi connectivity index (χ2v) is 5.65. The molecule has 0 bridgehead atoms. The van der Waals surface area contributed by atoms with E-state index >= 15 is 0 Å². The average Bonchev–Trinajstić information content (AvgIpc) is 3.02. The highest BCUT2D eigenvalue weighted by atomic mass is 32.1. The molecule has 0 aliphatic heterocycles. The third kappa shape index (κ3) is 3.51. The van der Waals surface area contributed by atoms with Gasteiger partial charge in [-0.15, -0.1) is 5.10 Å². The number of hydrogen-bond donors (Lipinski definition) is 2. The minimum absolute atomic E-state index is 0.00764. The van der Waals surface area contributed by atoms with Gasteiger partial charge in [-0.05, 0) is 29.8 Å². The van der Waals surface area contributed by atoms with Crippen molar-refractivity contribution in [3.8, 4) is 33.0 Å². The van der Waals surface area contributed by atoms with Crippen LogP contribution in [-0.2, 0) is 6.61 Å². The van der Waals surface area contributed by atoms with Crippen molar-refractivity contribution >= 4 is 11.3 Å². The number of hydrogen-bond acceptors (Lipinski definition) is 7. The SMILES string of the molecule is COc1ccc(COc2nnc(-c3ccc(O)cc3O)s2)cc1. The minimum Gasteiger partial charge on any atom is -0.508 e. The molecule has 0 atom stereocenters. The van der Waals surface area contributed by atoms with Gasteiger partial charge in [0, 0.05) is 6.07 Å². The lowest BCUT2D eigenvalue weighted by Crippen LogP contribution is -1.95. The van der Waals surface area contributed by atoms with E-state index in [0.29, 0.717) is 22.4 Å². The summed E-state index contributed by atoms with van der Waals surface area (Å²) >= 11 is 1.22. The number of phenols is 2. The Hall–Kier alpha value is -2.80. The lowest BCUT2D eigenvalue weighted by molar-refractivity contribution is 0.301. The first-order chi connectivity index (χ1) is 11.2. The summed E-state index contributed by atoms with van der Waals surface area (Å²) in [6.07, 6.45) is 0. The maximum absolute atomic E-state index is 9.84. The van der Waals surface area contributed by atoms with Gasteiger partial charge < -0.3 is 19.7 Å². The summed E-state index contributed by atoms with van der Waals surface area (Å²) in [7, 11) is 1.62. The number of aromatic hydroxyl groups is 2. The molecule has 2 aromatic carbocycles. The number of phenolic OH excluding ortho intramolecular Hbond substituents is 2. The van der Waals surface area contributed by atoms with Crippen molar-refractivity contribution in [3.63, 3.8) is 0 Å². The van der Waals surface area contributed by atoms with Crippen LogP contribution in [0.5, 0.6) is 22.4 Å². The summed E-state index contributed by atoms with van der Waals surface area (Å²) in [6, 6.07) is 11.9. The summed E-state index contributed by atoms with van der Waals surface area (Å²) in [5.74, 6) is 0.726. The van der Waals surface area contributed by atoms with Gasteiger partial charge in [0.05, 0.1) is 12.7 Å². The van der Waals surface area contributed by atoms with Crippen molar-refractivity contribution < 1.29 is 19.7 Å². The molecule has 0 unspecified atom stereocenters. The topological polar surface area (TPSA) is 84.7 Å². The van der Waals surface area contributed by atoms with Crippen LogP contribution in [0.25, 0.3) is 10.6 Å². The van der Waals surface area contributed by atoms with Crippen molar-refractivity contribution in [2.75, 3.05) is 7.11 Å². The first-order valence-corrected chi connectivity index (χ1v) is 7.59. The maximum atomic E-state index is 9.84. The summed E-state index contributed by atoms with van der Waals surface area (Å²) < 4.78 is 10.7. The Balaban J connectivity index is 1.69. The number of benzene rings is 2. The van der Waals surface area contributed by atoms with Crippen LogP contribution < -0.4 is 9.47 Å². The van der Waals surface area contributed by atoms with E-state index in [1.807, 2.05) is 24.3 Å². The molecule has 0 saturated carbocycles. The third-order valence-electron chi connectivity index (χ3n) is 3.14. The molecule has 0 fully saturated rings. The molecule has 23 heavy (non-hydrogen) atoms. The molecular formula is C16H14N2O4S. The summed E-state index contributed by atoms with van der Waals surface area (Å²) in [5.41, 5.74) is 1.48. The van der Waals surface area contributed by atoms with Gasteiger partial charge in [-0.25, -0.2) is 0 Å². The molecule has 118 valence electrons. The zero-order valence-electron chi connectivity index (χ0n) is 12.3. The van der Waals surface area contributed by atoms with Gasteiger partial charge in [-0.2, -0.15) is 0 Å².